The first-order valence-corrected chi connectivity index (χ1v) is 6.29. The number of carbonyl (C=O) groups excluding carboxylic acids is 1. The van der Waals surface area contributed by atoms with Gasteiger partial charge in [-0.1, -0.05) is 35.0 Å². The highest BCUT2D eigenvalue weighted by Gasteiger charge is 2.09. The number of hydrogen-bond donors (Lipinski definition) is 3. The number of carbonyl (C=O) groups is 1. The zero-order valence-electron chi connectivity index (χ0n) is 10.8. The fraction of sp³-hybridized carbons (Fsp3) is 0. The molecule has 6 nitrogen and oxygen atoms in total. The normalized spacial score (nSPS) is 11.0. The van der Waals surface area contributed by atoms with Crippen LogP contribution in [0.1, 0.15) is 5.56 Å². The molecule has 2 aromatic carbocycles. The maximum atomic E-state index is 11.7. The van der Waals surface area contributed by atoms with E-state index in [-0.39, 0.29) is 10.9 Å². The Morgan fingerprint density at radius 3 is 2.57 bits per heavy atom. The minimum atomic E-state index is -0.667. The zero-order chi connectivity index (χ0) is 15.2. The SMILES string of the molecule is N/C(=N/O)c1ccc(NC(=O)Oc2ccccc2)c(Cl)c1. The number of amides is 1. The molecule has 0 aliphatic carbocycles. The van der Waals surface area contributed by atoms with Gasteiger partial charge in [-0.3, -0.25) is 5.32 Å². The van der Waals surface area contributed by atoms with E-state index in [1.165, 1.54) is 12.1 Å². The van der Waals surface area contributed by atoms with Crippen LogP contribution in [-0.4, -0.2) is 17.1 Å². The fourth-order valence-corrected chi connectivity index (χ4v) is 1.79. The third-order valence-corrected chi connectivity index (χ3v) is 2.88. The molecule has 0 spiro atoms. The maximum absolute atomic E-state index is 11.7. The quantitative estimate of drug-likeness (QED) is 0.351. The van der Waals surface area contributed by atoms with E-state index in [2.05, 4.69) is 10.5 Å². The van der Waals surface area contributed by atoms with Crippen LogP contribution in [0, 0.1) is 0 Å². The summed E-state index contributed by atoms with van der Waals surface area (Å²) in [6, 6.07) is 13.2. The number of nitrogens with two attached hydrogens (primary N) is 1. The molecule has 2 aromatic rings. The van der Waals surface area contributed by atoms with Crippen LogP contribution in [0.4, 0.5) is 10.5 Å². The third kappa shape index (κ3) is 3.87. The average molecular weight is 306 g/mol. The van der Waals surface area contributed by atoms with Gasteiger partial charge in [-0.25, -0.2) is 4.79 Å². The highest BCUT2D eigenvalue weighted by Crippen LogP contribution is 2.23. The van der Waals surface area contributed by atoms with Gasteiger partial charge in [0.1, 0.15) is 5.75 Å². The molecule has 0 aromatic heterocycles. The van der Waals surface area contributed by atoms with Crippen LogP contribution in [0.2, 0.25) is 5.02 Å². The lowest BCUT2D eigenvalue weighted by Gasteiger charge is -2.09. The van der Waals surface area contributed by atoms with Crippen molar-refractivity contribution in [3.05, 3.63) is 59.1 Å². The summed E-state index contributed by atoms with van der Waals surface area (Å²) in [5.74, 6) is 0.342. The van der Waals surface area contributed by atoms with Crippen molar-refractivity contribution in [1.29, 1.82) is 0 Å². The predicted octanol–water partition coefficient (Wildman–Crippen LogP) is 3.05. The van der Waals surface area contributed by atoms with Crippen molar-refractivity contribution in [2.75, 3.05) is 5.32 Å². The van der Waals surface area contributed by atoms with Gasteiger partial charge < -0.3 is 15.7 Å². The maximum Gasteiger partial charge on any atom is 0.417 e. The number of anilines is 1. The molecule has 0 heterocycles. The van der Waals surface area contributed by atoms with Crippen LogP contribution in [0.5, 0.6) is 5.75 Å². The standard InChI is InChI=1S/C14H12ClN3O3/c15-11-8-9(13(16)18-20)6-7-12(11)17-14(19)21-10-4-2-1-3-5-10/h1-8,20H,(H2,16,18)(H,17,19). The predicted molar refractivity (Wildman–Crippen MR) is 80.1 cm³/mol. The Morgan fingerprint density at radius 2 is 1.95 bits per heavy atom. The molecule has 0 saturated heterocycles. The highest BCUT2D eigenvalue weighted by molar-refractivity contribution is 6.34. The summed E-state index contributed by atoms with van der Waals surface area (Å²) in [4.78, 5) is 11.7. The third-order valence-electron chi connectivity index (χ3n) is 2.56. The van der Waals surface area contributed by atoms with Crippen molar-refractivity contribution in [3.8, 4) is 5.75 Å². The summed E-state index contributed by atoms with van der Waals surface area (Å²) >= 11 is 6.02. The lowest BCUT2D eigenvalue weighted by atomic mass is 10.2. The summed E-state index contributed by atoms with van der Waals surface area (Å²) in [6.07, 6.45) is -0.667. The summed E-state index contributed by atoms with van der Waals surface area (Å²) in [5, 5.41) is 14.2. The lowest BCUT2D eigenvalue weighted by Crippen LogP contribution is -2.17. The largest absolute Gasteiger partial charge is 0.417 e. The van der Waals surface area contributed by atoms with Crippen LogP contribution in [0.25, 0.3) is 0 Å². The van der Waals surface area contributed by atoms with Crippen molar-refractivity contribution in [2.45, 2.75) is 0 Å². The van der Waals surface area contributed by atoms with E-state index in [1.54, 1.807) is 30.3 Å². The molecule has 0 aliphatic rings. The average Bonchev–Trinajstić information content (AvgIpc) is 2.49. The number of oxime groups is 1. The molecule has 0 radical (unpaired) electrons. The van der Waals surface area contributed by atoms with E-state index in [1.807, 2.05) is 6.07 Å². The van der Waals surface area contributed by atoms with Crippen molar-refractivity contribution in [1.82, 2.24) is 0 Å². The van der Waals surface area contributed by atoms with Gasteiger partial charge in [0, 0.05) is 5.56 Å². The summed E-state index contributed by atoms with van der Waals surface area (Å²) in [5.41, 5.74) is 6.23. The molecular formula is C14H12ClN3O3. The van der Waals surface area contributed by atoms with Gasteiger partial charge in [-0.2, -0.15) is 0 Å². The number of nitrogens with zero attached hydrogens (tertiary/aromatic N) is 1. The second-order valence-electron chi connectivity index (χ2n) is 4.01. The number of amidine groups is 1. The molecule has 0 fully saturated rings. The number of hydrogen-bond acceptors (Lipinski definition) is 4. The molecule has 4 N–H and O–H groups in total. The van der Waals surface area contributed by atoms with E-state index < -0.39 is 6.09 Å². The molecule has 0 atom stereocenters. The second-order valence-corrected chi connectivity index (χ2v) is 4.41. The van der Waals surface area contributed by atoms with Crippen molar-refractivity contribution >= 4 is 29.2 Å². The van der Waals surface area contributed by atoms with E-state index in [4.69, 9.17) is 27.3 Å². The number of rotatable bonds is 3. The first kappa shape index (κ1) is 14.7. The number of benzene rings is 2. The van der Waals surface area contributed by atoms with Crippen molar-refractivity contribution < 1.29 is 14.7 Å². The van der Waals surface area contributed by atoms with Gasteiger partial charge in [0.25, 0.3) is 0 Å². The van der Waals surface area contributed by atoms with Crippen molar-refractivity contribution in [3.63, 3.8) is 0 Å². The van der Waals surface area contributed by atoms with Crippen LogP contribution in [0.15, 0.2) is 53.7 Å². The molecule has 0 bridgehead atoms. The molecule has 108 valence electrons. The Bertz CT molecular complexity index is 674. The first-order valence-electron chi connectivity index (χ1n) is 5.91. The number of para-hydroxylation sites is 1. The van der Waals surface area contributed by atoms with E-state index >= 15 is 0 Å². The Hall–Kier alpha value is -2.73. The van der Waals surface area contributed by atoms with E-state index in [9.17, 15) is 4.79 Å². The monoisotopic (exact) mass is 305 g/mol. The van der Waals surface area contributed by atoms with Crippen LogP contribution in [-0.2, 0) is 0 Å². The smallest absolute Gasteiger partial charge is 0.410 e. The Morgan fingerprint density at radius 1 is 1.24 bits per heavy atom. The topological polar surface area (TPSA) is 96.9 Å². The summed E-state index contributed by atoms with van der Waals surface area (Å²) in [6.45, 7) is 0. The lowest BCUT2D eigenvalue weighted by molar-refractivity contribution is 0.215. The van der Waals surface area contributed by atoms with Gasteiger partial charge >= 0.3 is 6.09 Å². The Balaban J connectivity index is 2.08. The van der Waals surface area contributed by atoms with Crippen LogP contribution >= 0.6 is 11.6 Å². The van der Waals surface area contributed by atoms with E-state index in [0.29, 0.717) is 17.0 Å². The highest BCUT2D eigenvalue weighted by atomic mass is 35.5. The minimum absolute atomic E-state index is 0.0738. The van der Waals surface area contributed by atoms with Gasteiger partial charge in [0.15, 0.2) is 5.84 Å². The number of ether oxygens (including phenoxy) is 1. The molecule has 7 heteroatoms. The van der Waals surface area contributed by atoms with Gasteiger partial charge in [-0.15, -0.1) is 0 Å². The Labute approximate surface area is 125 Å². The second kappa shape index (κ2) is 6.62. The molecule has 0 saturated carbocycles. The minimum Gasteiger partial charge on any atom is -0.410 e. The van der Waals surface area contributed by atoms with Gasteiger partial charge in [0.05, 0.1) is 10.7 Å². The fourth-order valence-electron chi connectivity index (χ4n) is 1.56. The van der Waals surface area contributed by atoms with Gasteiger partial charge in [0.2, 0.25) is 0 Å². The van der Waals surface area contributed by atoms with Crippen molar-refractivity contribution in [2.24, 2.45) is 10.9 Å². The molecule has 0 aliphatic heterocycles. The molecule has 1 amide bonds. The first-order chi connectivity index (χ1) is 10.1. The van der Waals surface area contributed by atoms with E-state index in [0.717, 1.165) is 0 Å². The molecule has 21 heavy (non-hydrogen) atoms. The Kier molecular flexibility index (Phi) is 4.63. The summed E-state index contributed by atoms with van der Waals surface area (Å²) in [7, 11) is 0. The number of halogens is 1. The van der Waals surface area contributed by atoms with Crippen LogP contribution in [0.3, 0.4) is 0 Å². The number of nitrogens with one attached hydrogen (secondary N) is 1. The molecule has 0 unspecified atom stereocenters. The molecule has 2 rings (SSSR count). The summed E-state index contributed by atoms with van der Waals surface area (Å²) < 4.78 is 5.08. The zero-order valence-corrected chi connectivity index (χ0v) is 11.5. The van der Waals surface area contributed by atoms with Crippen LogP contribution < -0.4 is 15.8 Å². The molecular weight excluding hydrogens is 294 g/mol. The van der Waals surface area contributed by atoms with Gasteiger partial charge in [-0.05, 0) is 30.3 Å².